The molecule has 0 aliphatic carbocycles. The van der Waals surface area contributed by atoms with Crippen LogP contribution in [0.5, 0.6) is 0 Å². The van der Waals surface area contributed by atoms with E-state index in [-0.39, 0.29) is 12.4 Å². The highest BCUT2D eigenvalue weighted by Gasteiger charge is 1.91. The van der Waals surface area contributed by atoms with Crippen molar-refractivity contribution >= 4 is 5.84 Å². The Morgan fingerprint density at radius 1 is 2.00 bits per heavy atom. The van der Waals surface area contributed by atoms with Crippen molar-refractivity contribution in [2.45, 2.75) is 13.2 Å². The summed E-state index contributed by atoms with van der Waals surface area (Å²) in [6.45, 7) is 1.82. The lowest BCUT2D eigenvalue weighted by Crippen LogP contribution is -2.34. The fraction of sp³-hybridized carbons (Fsp3) is 0.750. The predicted molar refractivity (Wildman–Crippen MR) is 31.6 cm³/mol. The van der Waals surface area contributed by atoms with E-state index in [4.69, 9.17) is 16.2 Å². The monoisotopic (exact) mass is 117 g/mol. The molecule has 0 aromatic rings. The number of aliphatic hydroxyl groups is 1. The van der Waals surface area contributed by atoms with Crippen LogP contribution in [0.1, 0.15) is 6.92 Å². The Kier molecular flexibility index (Phi) is 3.14. The Morgan fingerprint density at radius 2 is 2.50 bits per heavy atom. The molecular weight excluding hydrogens is 106 g/mol. The Hall–Kier alpha value is -0.610. The molecule has 0 aliphatic heterocycles. The van der Waals surface area contributed by atoms with Crippen LogP contribution >= 0.6 is 0 Å². The number of hydrogen-bond acceptors (Lipinski definition) is 3. The maximum Gasteiger partial charge on any atom is 0.105 e. The van der Waals surface area contributed by atoms with Crippen LogP contribution in [-0.4, -0.2) is 23.7 Å². The molecule has 0 aromatic heterocycles. The molecule has 0 spiro atoms. The van der Waals surface area contributed by atoms with E-state index >= 15 is 0 Å². The zero-order valence-electron chi connectivity index (χ0n) is 4.81. The van der Waals surface area contributed by atoms with Crippen molar-refractivity contribution < 1.29 is 5.11 Å². The van der Waals surface area contributed by atoms with Crippen molar-refractivity contribution in [3.05, 3.63) is 0 Å². The lowest BCUT2D eigenvalue weighted by Gasteiger charge is -2.03. The summed E-state index contributed by atoms with van der Waals surface area (Å²) in [5, 5.41) is 17.8. The van der Waals surface area contributed by atoms with E-state index in [0.29, 0.717) is 0 Å². The standard InChI is InChI=1S/C4H11N3O/c1-3(8)7-2-4(5)6/h3,7-8H,2H2,1H3,(H3,5,6)/t3-/m0/s1. The first kappa shape index (κ1) is 7.39. The van der Waals surface area contributed by atoms with Crippen LogP contribution in [-0.2, 0) is 0 Å². The van der Waals surface area contributed by atoms with E-state index in [1.165, 1.54) is 0 Å². The Labute approximate surface area is 48.2 Å². The molecular formula is C4H11N3O. The summed E-state index contributed by atoms with van der Waals surface area (Å²) < 4.78 is 0. The number of aliphatic hydroxyl groups excluding tert-OH is 1. The van der Waals surface area contributed by atoms with E-state index in [0.717, 1.165) is 0 Å². The summed E-state index contributed by atoms with van der Waals surface area (Å²) in [4.78, 5) is 0. The molecule has 0 aliphatic rings. The fourth-order valence-corrected chi connectivity index (χ4v) is 0.258. The minimum absolute atomic E-state index is 0.0332. The molecule has 0 fully saturated rings. The molecule has 0 heterocycles. The molecule has 48 valence electrons. The lowest BCUT2D eigenvalue weighted by atomic mass is 10.5. The number of rotatable bonds is 3. The van der Waals surface area contributed by atoms with Gasteiger partial charge in [0.25, 0.3) is 0 Å². The third-order valence-corrected chi connectivity index (χ3v) is 0.588. The molecule has 0 radical (unpaired) electrons. The van der Waals surface area contributed by atoms with Crippen molar-refractivity contribution in [2.75, 3.05) is 6.54 Å². The van der Waals surface area contributed by atoms with Gasteiger partial charge in [-0.1, -0.05) is 0 Å². The highest BCUT2D eigenvalue weighted by atomic mass is 16.3. The molecule has 1 atom stereocenters. The van der Waals surface area contributed by atoms with Crippen LogP contribution < -0.4 is 11.1 Å². The van der Waals surface area contributed by atoms with Crippen LogP contribution in [0, 0.1) is 5.41 Å². The molecule has 0 unspecified atom stereocenters. The van der Waals surface area contributed by atoms with Gasteiger partial charge in [-0.3, -0.25) is 10.7 Å². The lowest BCUT2D eigenvalue weighted by molar-refractivity contribution is 0.163. The molecule has 0 aromatic carbocycles. The number of hydrogen-bond donors (Lipinski definition) is 4. The van der Waals surface area contributed by atoms with Crippen molar-refractivity contribution in [1.29, 1.82) is 5.41 Å². The molecule has 0 amide bonds. The highest BCUT2D eigenvalue weighted by Crippen LogP contribution is 1.67. The van der Waals surface area contributed by atoms with E-state index in [1.54, 1.807) is 6.92 Å². The van der Waals surface area contributed by atoms with Gasteiger partial charge in [-0.05, 0) is 6.92 Å². The first-order valence-electron chi connectivity index (χ1n) is 2.37. The van der Waals surface area contributed by atoms with Crippen molar-refractivity contribution in [1.82, 2.24) is 5.32 Å². The minimum Gasteiger partial charge on any atom is -0.387 e. The molecule has 0 saturated carbocycles. The Balaban J connectivity index is 3.05. The van der Waals surface area contributed by atoms with Crippen LogP contribution in [0.4, 0.5) is 0 Å². The normalized spacial score (nSPS) is 13.2. The number of amidine groups is 1. The van der Waals surface area contributed by atoms with Crippen LogP contribution in [0.15, 0.2) is 0 Å². The second kappa shape index (κ2) is 3.40. The smallest absolute Gasteiger partial charge is 0.105 e. The average molecular weight is 117 g/mol. The van der Waals surface area contributed by atoms with Gasteiger partial charge in [0.2, 0.25) is 0 Å². The first-order valence-corrected chi connectivity index (χ1v) is 2.37. The van der Waals surface area contributed by atoms with Crippen molar-refractivity contribution in [2.24, 2.45) is 5.73 Å². The molecule has 4 heteroatoms. The van der Waals surface area contributed by atoms with Gasteiger partial charge in [0.05, 0.1) is 6.54 Å². The van der Waals surface area contributed by atoms with Crippen molar-refractivity contribution in [3.8, 4) is 0 Å². The second-order valence-electron chi connectivity index (χ2n) is 1.58. The van der Waals surface area contributed by atoms with Crippen molar-refractivity contribution in [3.63, 3.8) is 0 Å². The van der Waals surface area contributed by atoms with E-state index in [2.05, 4.69) is 5.32 Å². The van der Waals surface area contributed by atoms with Crippen LogP contribution in [0.3, 0.4) is 0 Å². The summed E-state index contributed by atoms with van der Waals surface area (Å²) in [6.07, 6.45) is -0.584. The largest absolute Gasteiger partial charge is 0.387 e. The van der Waals surface area contributed by atoms with Gasteiger partial charge in [0.15, 0.2) is 0 Å². The third-order valence-electron chi connectivity index (χ3n) is 0.588. The second-order valence-corrected chi connectivity index (χ2v) is 1.58. The fourth-order valence-electron chi connectivity index (χ4n) is 0.258. The minimum atomic E-state index is -0.584. The third kappa shape index (κ3) is 5.39. The average Bonchev–Trinajstić information content (AvgIpc) is 1.61. The topological polar surface area (TPSA) is 82.1 Å². The summed E-state index contributed by atoms with van der Waals surface area (Å²) in [6, 6.07) is 0. The zero-order chi connectivity index (χ0) is 6.57. The summed E-state index contributed by atoms with van der Waals surface area (Å²) in [5.41, 5.74) is 4.95. The molecule has 5 N–H and O–H groups in total. The molecule has 4 nitrogen and oxygen atoms in total. The number of nitrogens with two attached hydrogens (primary N) is 1. The maximum absolute atomic E-state index is 8.54. The van der Waals surface area contributed by atoms with E-state index in [9.17, 15) is 0 Å². The zero-order valence-corrected chi connectivity index (χ0v) is 4.81. The highest BCUT2D eigenvalue weighted by molar-refractivity contribution is 5.78. The molecule has 8 heavy (non-hydrogen) atoms. The van der Waals surface area contributed by atoms with Gasteiger partial charge in [-0.15, -0.1) is 0 Å². The predicted octanol–water partition coefficient (Wildman–Crippen LogP) is -1.15. The van der Waals surface area contributed by atoms with Gasteiger partial charge in [-0.25, -0.2) is 0 Å². The molecule has 0 rings (SSSR count). The molecule has 0 bridgehead atoms. The summed E-state index contributed by atoms with van der Waals surface area (Å²) >= 11 is 0. The van der Waals surface area contributed by atoms with E-state index in [1.807, 2.05) is 0 Å². The maximum atomic E-state index is 8.54. The van der Waals surface area contributed by atoms with Gasteiger partial charge in [-0.2, -0.15) is 0 Å². The van der Waals surface area contributed by atoms with E-state index < -0.39 is 6.23 Å². The first-order chi connectivity index (χ1) is 3.63. The number of nitrogens with one attached hydrogen (secondary N) is 2. The Bertz CT molecular complexity index is 81.4. The van der Waals surface area contributed by atoms with Crippen LogP contribution in [0.25, 0.3) is 0 Å². The molecule has 0 saturated heterocycles. The van der Waals surface area contributed by atoms with Gasteiger partial charge < -0.3 is 10.8 Å². The van der Waals surface area contributed by atoms with Gasteiger partial charge in [0.1, 0.15) is 12.1 Å². The Morgan fingerprint density at radius 3 is 2.62 bits per heavy atom. The van der Waals surface area contributed by atoms with Gasteiger partial charge >= 0.3 is 0 Å². The van der Waals surface area contributed by atoms with Gasteiger partial charge in [0, 0.05) is 0 Å². The summed E-state index contributed by atoms with van der Waals surface area (Å²) in [7, 11) is 0. The SMILES string of the molecule is C[C@H](O)NCC(=N)N. The quantitative estimate of drug-likeness (QED) is 0.214. The van der Waals surface area contributed by atoms with Crippen LogP contribution in [0.2, 0.25) is 0 Å². The summed E-state index contributed by atoms with van der Waals surface area (Å²) in [5.74, 6) is 0.0332.